The Kier molecular flexibility index (Phi) is 4.79. The summed E-state index contributed by atoms with van der Waals surface area (Å²) >= 11 is 0. The van der Waals surface area contributed by atoms with Gasteiger partial charge in [0.15, 0.2) is 0 Å². The molecule has 4 nitrogen and oxygen atoms in total. The van der Waals surface area contributed by atoms with E-state index in [-0.39, 0.29) is 12.5 Å². The van der Waals surface area contributed by atoms with Crippen molar-refractivity contribution in [3.05, 3.63) is 0 Å². The van der Waals surface area contributed by atoms with Crippen LogP contribution in [-0.2, 0) is 10.0 Å². The molecular formula is C9H17F3N2O2S. The summed E-state index contributed by atoms with van der Waals surface area (Å²) in [4.78, 5) is 0. The first-order chi connectivity index (χ1) is 7.76. The van der Waals surface area contributed by atoms with Gasteiger partial charge in [-0.15, -0.1) is 0 Å². The van der Waals surface area contributed by atoms with Gasteiger partial charge < -0.3 is 5.32 Å². The van der Waals surface area contributed by atoms with E-state index in [4.69, 9.17) is 0 Å². The lowest BCUT2D eigenvalue weighted by atomic mass is 10.2. The molecule has 0 radical (unpaired) electrons. The summed E-state index contributed by atoms with van der Waals surface area (Å²) in [5.41, 5.74) is 0. The molecule has 1 saturated heterocycles. The number of likely N-dealkylation sites (N-methyl/N-ethyl adjacent to an activating group) is 1. The Balaban J connectivity index is 2.48. The van der Waals surface area contributed by atoms with Gasteiger partial charge in [0.05, 0.1) is 5.75 Å². The number of halogens is 3. The van der Waals surface area contributed by atoms with Crippen LogP contribution in [0, 0.1) is 0 Å². The highest BCUT2D eigenvalue weighted by atomic mass is 32.2. The second-order valence-electron chi connectivity index (χ2n) is 4.05. The molecule has 0 aliphatic carbocycles. The Morgan fingerprint density at radius 2 is 1.94 bits per heavy atom. The number of alkyl halides is 3. The molecule has 0 unspecified atom stereocenters. The molecule has 0 aromatic carbocycles. The fourth-order valence-electron chi connectivity index (χ4n) is 1.73. The molecule has 0 bridgehead atoms. The molecular weight excluding hydrogens is 257 g/mol. The van der Waals surface area contributed by atoms with E-state index in [1.54, 1.807) is 6.92 Å². The topological polar surface area (TPSA) is 49.4 Å². The first-order valence-electron chi connectivity index (χ1n) is 5.53. The van der Waals surface area contributed by atoms with Crippen LogP contribution in [-0.4, -0.2) is 50.3 Å². The summed E-state index contributed by atoms with van der Waals surface area (Å²) in [5.74, 6) is -0.434. The van der Waals surface area contributed by atoms with Gasteiger partial charge in [0.1, 0.15) is 0 Å². The largest absolute Gasteiger partial charge is 0.389 e. The first-order valence-corrected chi connectivity index (χ1v) is 7.14. The van der Waals surface area contributed by atoms with Gasteiger partial charge in [0, 0.05) is 32.1 Å². The summed E-state index contributed by atoms with van der Waals surface area (Å²) in [6.07, 6.45) is -5.71. The van der Waals surface area contributed by atoms with Crippen molar-refractivity contribution in [3.63, 3.8) is 0 Å². The molecule has 8 heteroatoms. The molecule has 1 fully saturated rings. The van der Waals surface area contributed by atoms with E-state index < -0.39 is 28.4 Å². The molecule has 1 heterocycles. The molecule has 0 saturated carbocycles. The Hall–Kier alpha value is -0.340. The minimum atomic E-state index is -4.29. The predicted octanol–water partition coefficient (Wildman–Crippen LogP) is 0.952. The molecule has 1 aliphatic rings. The van der Waals surface area contributed by atoms with E-state index in [0.29, 0.717) is 19.6 Å². The third-order valence-electron chi connectivity index (χ3n) is 2.70. The Morgan fingerprint density at radius 1 is 1.35 bits per heavy atom. The monoisotopic (exact) mass is 274 g/mol. The Labute approximate surface area is 99.2 Å². The van der Waals surface area contributed by atoms with Crippen LogP contribution in [0.25, 0.3) is 0 Å². The molecule has 0 aromatic heterocycles. The third kappa shape index (κ3) is 4.44. The summed E-state index contributed by atoms with van der Waals surface area (Å²) in [6, 6.07) is -0.101. The lowest BCUT2D eigenvalue weighted by Gasteiger charge is -2.36. The van der Waals surface area contributed by atoms with E-state index in [2.05, 4.69) is 5.32 Å². The van der Waals surface area contributed by atoms with Gasteiger partial charge in [-0.2, -0.15) is 17.5 Å². The molecule has 0 atom stereocenters. The lowest BCUT2D eigenvalue weighted by molar-refractivity contribution is -0.134. The molecule has 1 aliphatic heterocycles. The van der Waals surface area contributed by atoms with Crippen molar-refractivity contribution in [1.82, 2.24) is 9.62 Å². The number of nitrogens with zero attached hydrogens (tertiary/aromatic N) is 1. The second-order valence-corrected chi connectivity index (χ2v) is 6.09. The van der Waals surface area contributed by atoms with Crippen molar-refractivity contribution in [2.24, 2.45) is 0 Å². The highest BCUT2D eigenvalue weighted by Gasteiger charge is 2.33. The second kappa shape index (κ2) is 5.53. The van der Waals surface area contributed by atoms with Crippen molar-refractivity contribution in [2.45, 2.75) is 32.0 Å². The number of nitrogens with one attached hydrogen (secondary N) is 1. The minimum Gasteiger partial charge on any atom is -0.313 e. The number of rotatable bonds is 6. The summed E-state index contributed by atoms with van der Waals surface area (Å²) in [6.45, 7) is 3.15. The van der Waals surface area contributed by atoms with Crippen LogP contribution in [0.4, 0.5) is 13.2 Å². The van der Waals surface area contributed by atoms with Crippen LogP contribution in [0.3, 0.4) is 0 Å². The zero-order valence-corrected chi connectivity index (χ0v) is 10.4. The van der Waals surface area contributed by atoms with Gasteiger partial charge in [-0.3, -0.25) is 0 Å². The normalized spacial score (nSPS) is 18.4. The van der Waals surface area contributed by atoms with Crippen molar-refractivity contribution < 1.29 is 21.6 Å². The molecule has 17 heavy (non-hydrogen) atoms. The van der Waals surface area contributed by atoms with Gasteiger partial charge >= 0.3 is 6.18 Å². The van der Waals surface area contributed by atoms with Crippen molar-refractivity contribution in [2.75, 3.05) is 25.4 Å². The van der Waals surface area contributed by atoms with Crippen molar-refractivity contribution in [1.29, 1.82) is 0 Å². The SMILES string of the molecule is CCN(C1CNC1)S(=O)(=O)CCCC(F)(F)F. The highest BCUT2D eigenvalue weighted by molar-refractivity contribution is 7.89. The fraction of sp³-hybridized carbons (Fsp3) is 1.00. The standard InChI is InChI=1S/C9H17F3N2O2S/c1-2-14(8-6-13-7-8)17(15,16)5-3-4-9(10,11)12/h8,13H,2-7H2,1H3. The van der Waals surface area contributed by atoms with E-state index in [9.17, 15) is 21.6 Å². The van der Waals surface area contributed by atoms with E-state index in [1.807, 2.05) is 0 Å². The zero-order chi connectivity index (χ0) is 13.1. The molecule has 0 aromatic rings. The highest BCUT2D eigenvalue weighted by Crippen LogP contribution is 2.22. The lowest BCUT2D eigenvalue weighted by Crippen LogP contribution is -2.59. The van der Waals surface area contributed by atoms with E-state index >= 15 is 0 Å². The number of sulfonamides is 1. The average Bonchev–Trinajstić information content (AvgIpc) is 2.07. The number of hydrogen-bond donors (Lipinski definition) is 1. The van der Waals surface area contributed by atoms with Crippen LogP contribution in [0.1, 0.15) is 19.8 Å². The number of hydrogen-bond acceptors (Lipinski definition) is 3. The van der Waals surface area contributed by atoms with Gasteiger partial charge in [-0.1, -0.05) is 6.92 Å². The van der Waals surface area contributed by atoms with Crippen LogP contribution < -0.4 is 5.32 Å². The zero-order valence-electron chi connectivity index (χ0n) is 9.63. The average molecular weight is 274 g/mol. The maximum Gasteiger partial charge on any atom is 0.389 e. The maximum absolute atomic E-state index is 11.9. The van der Waals surface area contributed by atoms with Crippen LogP contribution in [0.5, 0.6) is 0 Å². The third-order valence-corrected chi connectivity index (χ3v) is 4.77. The van der Waals surface area contributed by atoms with E-state index in [0.717, 1.165) is 0 Å². The molecule has 1 N–H and O–H groups in total. The fourth-order valence-corrected chi connectivity index (χ4v) is 3.47. The Bertz CT molecular complexity index is 339. The maximum atomic E-state index is 11.9. The van der Waals surface area contributed by atoms with Gasteiger partial charge in [-0.05, 0) is 6.42 Å². The molecule has 1 rings (SSSR count). The van der Waals surface area contributed by atoms with Gasteiger partial charge in [0.2, 0.25) is 10.0 Å². The van der Waals surface area contributed by atoms with Gasteiger partial charge in [0.25, 0.3) is 0 Å². The van der Waals surface area contributed by atoms with Crippen LogP contribution in [0.15, 0.2) is 0 Å². The van der Waals surface area contributed by atoms with Crippen LogP contribution >= 0.6 is 0 Å². The quantitative estimate of drug-likeness (QED) is 0.784. The molecule has 0 spiro atoms. The first kappa shape index (κ1) is 14.7. The van der Waals surface area contributed by atoms with Crippen molar-refractivity contribution in [3.8, 4) is 0 Å². The summed E-state index contributed by atoms with van der Waals surface area (Å²) < 4.78 is 60.7. The Morgan fingerprint density at radius 3 is 2.29 bits per heavy atom. The molecule has 0 amide bonds. The minimum absolute atomic E-state index is 0.101. The summed E-state index contributed by atoms with van der Waals surface area (Å²) in [7, 11) is -3.56. The van der Waals surface area contributed by atoms with Crippen molar-refractivity contribution >= 4 is 10.0 Å². The van der Waals surface area contributed by atoms with E-state index in [1.165, 1.54) is 4.31 Å². The van der Waals surface area contributed by atoms with Crippen LogP contribution in [0.2, 0.25) is 0 Å². The predicted molar refractivity (Wildman–Crippen MR) is 58.1 cm³/mol. The van der Waals surface area contributed by atoms with Gasteiger partial charge in [-0.25, -0.2) is 8.42 Å². The summed E-state index contributed by atoms with van der Waals surface area (Å²) in [5, 5.41) is 2.94. The molecule has 102 valence electrons. The smallest absolute Gasteiger partial charge is 0.313 e.